The average Bonchev–Trinajstić information content (AvgIpc) is 3.14. The van der Waals surface area contributed by atoms with Gasteiger partial charge >= 0.3 is 0 Å². The number of hydrogen-bond acceptors (Lipinski definition) is 5. The van der Waals surface area contributed by atoms with Gasteiger partial charge in [0.15, 0.2) is 0 Å². The molecule has 2 aromatic rings. The highest BCUT2D eigenvalue weighted by Crippen LogP contribution is 2.28. The lowest BCUT2D eigenvalue weighted by atomic mass is 10.1. The molecule has 2 N–H and O–H groups in total. The van der Waals surface area contributed by atoms with E-state index in [0.29, 0.717) is 11.6 Å². The molecule has 9 heteroatoms. The van der Waals surface area contributed by atoms with E-state index in [1.165, 1.54) is 6.92 Å². The molecule has 28 heavy (non-hydrogen) atoms. The van der Waals surface area contributed by atoms with E-state index in [9.17, 15) is 13.2 Å². The van der Waals surface area contributed by atoms with Crippen molar-refractivity contribution in [3.05, 3.63) is 51.9 Å². The summed E-state index contributed by atoms with van der Waals surface area (Å²) in [4.78, 5) is 14.0. The molecule has 154 valence electrons. The van der Waals surface area contributed by atoms with Crippen LogP contribution in [0.4, 0.5) is 0 Å². The van der Waals surface area contributed by atoms with E-state index in [2.05, 4.69) is 14.9 Å². The Labute approximate surface area is 175 Å². The molecule has 0 fully saturated rings. The quantitative estimate of drug-likeness (QED) is 0.589. The molecule has 2 rings (SSSR count). The zero-order valence-electron chi connectivity index (χ0n) is 16.2. The highest BCUT2D eigenvalue weighted by Gasteiger charge is 2.24. The van der Waals surface area contributed by atoms with Crippen LogP contribution < -0.4 is 10.0 Å². The van der Waals surface area contributed by atoms with Gasteiger partial charge in [0.05, 0.1) is 6.54 Å². The number of rotatable bonds is 10. The van der Waals surface area contributed by atoms with Crippen molar-refractivity contribution in [2.45, 2.75) is 37.6 Å². The smallest absolute Gasteiger partial charge is 0.250 e. The van der Waals surface area contributed by atoms with Gasteiger partial charge in [-0.1, -0.05) is 43.6 Å². The summed E-state index contributed by atoms with van der Waals surface area (Å²) in [7, 11) is -3.66. The third kappa shape index (κ3) is 6.02. The zero-order chi connectivity index (χ0) is 20.7. The fourth-order valence-electron chi connectivity index (χ4n) is 2.91. The number of amides is 1. The standard InChI is InChI=1S/C19H26ClN3O3S2/c1-4-23(5-2)18(16-8-6-7-9-17(16)20)13-22-28(25,26)19-11-10-15(27-19)12-21-14(3)24/h6-11,18,22H,4-5,12-13H2,1-3H3,(H,21,24). The molecule has 0 radical (unpaired) electrons. The van der Waals surface area contributed by atoms with E-state index in [4.69, 9.17) is 11.6 Å². The van der Waals surface area contributed by atoms with Gasteiger partial charge in [0, 0.05) is 29.4 Å². The normalized spacial score (nSPS) is 12.9. The molecule has 0 saturated heterocycles. The van der Waals surface area contributed by atoms with Gasteiger partial charge in [-0.25, -0.2) is 13.1 Å². The second-order valence-electron chi connectivity index (χ2n) is 6.24. The topological polar surface area (TPSA) is 78.5 Å². The van der Waals surface area contributed by atoms with Gasteiger partial charge in [-0.15, -0.1) is 11.3 Å². The van der Waals surface area contributed by atoms with E-state index in [1.54, 1.807) is 12.1 Å². The van der Waals surface area contributed by atoms with Crippen LogP contribution in [-0.2, 0) is 21.4 Å². The van der Waals surface area contributed by atoms with Crippen LogP contribution in [0.15, 0.2) is 40.6 Å². The van der Waals surface area contributed by atoms with Gasteiger partial charge in [-0.2, -0.15) is 0 Å². The second-order valence-corrected chi connectivity index (χ2v) is 9.81. The molecule has 1 heterocycles. The van der Waals surface area contributed by atoms with Gasteiger partial charge in [0.1, 0.15) is 4.21 Å². The molecule has 0 saturated carbocycles. The first-order valence-corrected chi connectivity index (χ1v) is 11.8. The van der Waals surface area contributed by atoms with Gasteiger partial charge in [0.2, 0.25) is 15.9 Å². The van der Waals surface area contributed by atoms with Gasteiger partial charge in [0.25, 0.3) is 0 Å². The summed E-state index contributed by atoms with van der Waals surface area (Å²) in [5.74, 6) is -0.155. The van der Waals surface area contributed by atoms with Crippen LogP contribution in [0.25, 0.3) is 0 Å². The molecule has 1 unspecified atom stereocenters. The zero-order valence-corrected chi connectivity index (χ0v) is 18.6. The highest BCUT2D eigenvalue weighted by molar-refractivity contribution is 7.91. The number of thiophene rings is 1. The predicted octanol–water partition coefficient (Wildman–Crippen LogP) is 3.40. The Balaban J connectivity index is 2.17. The van der Waals surface area contributed by atoms with Crippen molar-refractivity contribution < 1.29 is 13.2 Å². The summed E-state index contributed by atoms with van der Waals surface area (Å²) in [5.41, 5.74) is 0.896. The van der Waals surface area contributed by atoms with E-state index >= 15 is 0 Å². The van der Waals surface area contributed by atoms with Crippen molar-refractivity contribution in [3.8, 4) is 0 Å². The summed E-state index contributed by atoms with van der Waals surface area (Å²) in [6.45, 7) is 7.57. The average molecular weight is 444 g/mol. The lowest BCUT2D eigenvalue weighted by Gasteiger charge is -2.30. The first-order valence-electron chi connectivity index (χ1n) is 9.09. The minimum absolute atomic E-state index is 0.155. The van der Waals surface area contributed by atoms with Crippen LogP contribution in [0.3, 0.4) is 0 Å². The second kappa shape index (κ2) is 10.4. The Bertz CT molecular complexity index is 895. The first kappa shape index (κ1) is 22.8. The van der Waals surface area contributed by atoms with E-state index in [1.807, 2.05) is 38.1 Å². The first-order chi connectivity index (χ1) is 13.3. The van der Waals surface area contributed by atoms with E-state index in [0.717, 1.165) is 34.9 Å². The van der Waals surface area contributed by atoms with Crippen LogP contribution in [0, 0.1) is 0 Å². The third-order valence-corrected chi connectivity index (χ3v) is 7.74. The minimum Gasteiger partial charge on any atom is -0.351 e. The molecule has 0 aliphatic heterocycles. The maximum absolute atomic E-state index is 12.8. The fraction of sp³-hybridized carbons (Fsp3) is 0.421. The molecule has 1 aromatic carbocycles. The number of hydrogen-bond donors (Lipinski definition) is 2. The van der Waals surface area contributed by atoms with Crippen LogP contribution >= 0.6 is 22.9 Å². The molecule has 0 aliphatic rings. The lowest BCUT2D eigenvalue weighted by molar-refractivity contribution is -0.119. The number of carbonyl (C=O) groups is 1. The van der Waals surface area contributed by atoms with Crippen LogP contribution in [-0.4, -0.2) is 38.9 Å². The SMILES string of the molecule is CCN(CC)C(CNS(=O)(=O)c1ccc(CNC(C)=O)s1)c1ccccc1Cl. The Hall–Kier alpha value is -1.45. The Morgan fingerprint density at radius 1 is 1.18 bits per heavy atom. The Kier molecular flexibility index (Phi) is 8.45. The Morgan fingerprint density at radius 3 is 2.46 bits per heavy atom. The minimum atomic E-state index is -3.66. The maximum atomic E-state index is 12.8. The molecule has 0 spiro atoms. The third-order valence-electron chi connectivity index (χ3n) is 4.40. The summed E-state index contributed by atoms with van der Waals surface area (Å²) in [6.07, 6.45) is 0. The largest absolute Gasteiger partial charge is 0.351 e. The Morgan fingerprint density at radius 2 is 1.86 bits per heavy atom. The number of nitrogens with one attached hydrogen (secondary N) is 2. The van der Waals surface area contributed by atoms with Crippen molar-refractivity contribution in [2.75, 3.05) is 19.6 Å². The molecule has 0 aliphatic carbocycles. The van der Waals surface area contributed by atoms with Crippen molar-refractivity contribution in [1.29, 1.82) is 0 Å². The van der Waals surface area contributed by atoms with E-state index in [-0.39, 0.29) is 22.7 Å². The molecule has 6 nitrogen and oxygen atoms in total. The monoisotopic (exact) mass is 443 g/mol. The molecular weight excluding hydrogens is 418 g/mol. The summed E-state index contributed by atoms with van der Waals surface area (Å²) < 4.78 is 28.5. The van der Waals surface area contributed by atoms with Crippen molar-refractivity contribution in [3.63, 3.8) is 0 Å². The summed E-state index contributed by atoms with van der Waals surface area (Å²) >= 11 is 7.52. The van der Waals surface area contributed by atoms with Gasteiger partial charge in [-0.3, -0.25) is 9.69 Å². The number of sulfonamides is 1. The maximum Gasteiger partial charge on any atom is 0.250 e. The van der Waals surface area contributed by atoms with Gasteiger partial charge in [-0.05, 0) is 36.9 Å². The summed E-state index contributed by atoms with van der Waals surface area (Å²) in [5, 5.41) is 3.29. The predicted molar refractivity (Wildman–Crippen MR) is 114 cm³/mol. The van der Waals surface area contributed by atoms with Crippen molar-refractivity contribution in [2.24, 2.45) is 0 Å². The number of benzene rings is 1. The van der Waals surface area contributed by atoms with Crippen LogP contribution in [0.2, 0.25) is 5.02 Å². The van der Waals surface area contributed by atoms with E-state index < -0.39 is 10.0 Å². The number of halogens is 1. The number of likely N-dealkylation sites (N-methyl/N-ethyl adjacent to an activating group) is 1. The molecule has 0 bridgehead atoms. The fourth-order valence-corrected chi connectivity index (χ4v) is 5.55. The number of carbonyl (C=O) groups excluding carboxylic acids is 1. The van der Waals surface area contributed by atoms with Crippen LogP contribution in [0.5, 0.6) is 0 Å². The van der Waals surface area contributed by atoms with Gasteiger partial charge < -0.3 is 5.32 Å². The molecule has 1 aromatic heterocycles. The lowest BCUT2D eigenvalue weighted by Crippen LogP contribution is -2.38. The van der Waals surface area contributed by atoms with Crippen molar-refractivity contribution in [1.82, 2.24) is 14.9 Å². The summed E-state index contributed by atoms with van der Waals surface area (Å²) in [6, 6.07) is 10.6. The molecular formula is C19H26ClN3O3S2. The number of nitrogens with zero attached hydrogens (tertiary/aromatic N) is 1. The highest BCUT2D eigenvalue weighted by atomic mass is 35.5. The molecule has 1 atom stereocenters. The van der Waals surface area contributed by atoms with Crippen molar-refractivity contribution >= 4 is 38.9 Å². The molecule has 1 amide bonds. The van der Waals surface area contributed by atoms with Crippen LogP contribution in [0.1, 0.15) is 37.3 Å².